The fraction of sp³-hybridized carbons (Fsp3) is 0.429. The van der Waals surface area contributed by atoms with E-state index >= 15 is 0 Å². The van der Waals surface area contributed by atoms with E-state index in [1.165, 1.54) is 24.9 Å². The standard InChI is InChI=1S/C21H28N2O2S/c1-3-22-26(24,25)21-12-10-20(11-13-21)19-8-6-18(7-9-19)14-16-23-15-4-5-17(23)2/h6-13,17,22H,3-5,14-16H2,1-2H3. The molecule has 2 aromatic rings. The molecule has 26 heavy (non-hydrogen) atoms. The summed E-state index contributed by atoms with van der Waals surface area (Å²) in [5, 5.41) is 0. The quantitative estimate of drug-likeness (QED) is 0.807. The van der Waals surface area contributed by atoms with Gasteiger partial charge in [0, 0.05) is 19.1 Å². The van der Waals surface area contributed by atoms with Crippen molar-refractivity contribution < 1.29 is 8.42 Å². The Labute approximate surface area is 157 Å². The van der Waals surface area contributed by atoms with Gasteiger partial charge in [0.15, 0.2) is 0 Å². The molecule has 0 aromatic heterocycles. The van der Waals surface area contributed by atoms with Gasteiger partial charge in [-0.3, -0.25) is 0 Å². The molecule has 140 valence electrons. The zero-order chi connectivity index (χ0) is 18.6. The molecule has 0 amide bonds. The van der Waals surface area contributed by atoms with Crippen LogP contribution in [0.15, 0.2) is 53.4 Å². The highest BCUT2D eigenvalue weighted by atomic mass is 32.2. The van der Waals surface area contributed by atoms with Gasteiger partial charge in [-0.25, -0.2) is 13.1 Å². The molecule has 1 fully saturated rings. The maximum absolute atomic E-state index is 12.0. The van der Waals surface area contributed by atoms with Crippen LogP contribution < -0.4 is 4.72 Å². The van der Waals surface area contributed by atoms with Crippen molar-refractivity contribution in [1.29, 1.82) is 0 Å². The van der Waals surface area contributed by atoms with Crippen molar-refractivity contribution >= 4 is 10.0 Å². The Morgan fingerprint density at radius 2 is 1.65 bits per heavy atom. The van der Waals surface area contributed by atoms with Crippen LogP contribution in [-0.2, 0) is 16.4 Å². The summed E-state index contributed by atoms with van der Waals surface area (Å²) in [6.07, 6.45) is 3.71. The van der Waals surface area contributed by atoms with Gasteiger partial charge in [-0.15, -0.1) is 0 Å². The van der Waals surface area contributed by atoms with Gasteiger partial charge in [-0.05, 0) is 61.6 Å². The fourth-order valence-electron chi connectivity index (χ4n) is 3.56. The molecular weight excluding hydrogens is 344 g/mol. The van der Waals surface area contributed by atoms with Crippen LogP contribution in [0.3, 0.4) is 0 Å². The van der Waals surface area contributed by atoms with E-state index in [-0.39, 0.29) is 0 Å². The monoisotopic (exact) mass is 372 g/mol. The van der Waals surface area contributed by atoms with E-state index in [2.05, 4.69) is 40.8 Å². The predicted octanol–water partition coefficient (Wildman–Crippen LogP) is 3.68. The third-order valence-corrected chi connectivity index (χ3v) is 6.73. The first-order valence-corrected chi connectivity index (χ1v) is 10.9. The molecule has 0 bridgehead atoms. The van der Waals surface area contributed by atoms with Crippen molar-refractivity contribution in [3.63, 3.8) is 0 Å². The molecule has 1 saturated heterocycles. The van der Waals surface area contributed by atoms with Gasteiger partial charge < -0.3 is 4.90 Å². The second kappa shape index (κ2) is 8.33. The molecule has 0 saturated carbocycles. The van der Waals surface area contributed by atoms with Crippen LogP contribution in [0.2, 0.25) is 0 Å². The van der Waals surface area contributed by atoms with Crippen LogP contribution in [0.5, 0.6) is 0 Å². The first-order valence-electron chi connectivity index (χ1n) is 9.42. The average molecular weight is 373 g/mol. The predicted molar refractivity (Wildman–Crippen MR) is 107 cm³/mol. The van der Waals surface area contributed by atoms with Crippen LogP contribution in [0.1, 0.15) is 32.3 Å². The zero-order valence-electron chi connectivity index (χ0n) is 15.6. The minimum atomic E-state index is -3.39. The Morgan fingerprint density at radius 3 is 2.19 bits per heavy atom. The molecule has 0 spiro atoms. The number of likely N-dealkylation sites (tertiary alicyclic amines) is 1. The van der Waals surface area contributed by atoms with Gasteiger partial charge in [-0.2, -0.15) is 0 Å². The third kappa shape index (κ3) is 4.53. The smallest absolute Gasteiger partial charge is 0.240 e. The normalized spacial score (nSPS) is 18.3. The number of benzene rings is 2. The second-order valence-corrected chi connectivity index (χ2v) is 8.77. The number of nitrogens with one attached hydrogen (secondary N) is 1. The van der Waals surface area contributed by atoms with Crippen LogP contribution in [0.4, 0.5) is 0 Å². The topological polar surface area (TPSA) is 49.4 Å². The Balaban J connectivity index is 1.64. The lowest BCUT2D eigenvalue weighted by molar-refractivity contribution is 0.272. The number of sulfonamides is 1. The number of hydrogen-bond donors (Lipinski definition) is 1. The van der Waals surface area contributed by atoms with Crippen molar-refractivity contribution in [2.75, 3.05) is 19.6 Å². The molecule has 5 heteroatoms. The number of hydrogen-bond acceptors (Lipinski definition) is 3. The van der Waals surface area contributed by atoms with Gasteiger partial charge in [-0.1, -0.05) is 43.3 Å². The molecule has 0 radical (unpaired) electrons. The van der Waals surface area contributed by atoms with Crippen LogP contribution in [-0.4, -0.2) is 39.0 Å². The molecule has 1 aliphatic heterocycles. The van der Waals surface area contributed by atoms with Gasteiger partial charge in [0.1, 0.15) is 0 Å². The molecular formula is C21H28N2O2S. The average Bonchev–Trinajstić information content (AvgIpc) is 3.05. The molecule has 1 atom stereocenters. The Hall–Kier alpha value is -1.69. The summed E-state index contributed by atoms with van der Waals surface area (Å²) in [5.41, 5.74) is 3.48. The maximum atomic E-state index is 12.0. The van der Waals surface area contributed by atoms with Crippen molar-refractivity contribution in [2.24, 2.45) is 0 Å². The van der Waals surface area contributed by atoms with Crippen molar-refractivity contribution in [3.8, 4) is 11.1 Å². The van der Waals surface area contributed by atoms with Gasteiger partial charge in [0.05, 0.1) is 4.90 Å². The zero-order valence-corrected chi connectivity index (χ0v) is 16.4. The summed E-state index contributed by atoms with van der Waals surface area (Å²) in [6.45, 7) is 6.83. The van der Waals surface area contributed by atoms with E-state index < -0.39 is 10.0 Å². The van der Waals surface area contributed by atoms with E-state index in [0.717, 1.165) is 24.1 Å². The summed E-state index contributed by atoms with van der Waals surface area (Å²) < 4.78 is 26.5. The largest absolute Gasteiger partial charge is 0.300 e. The Bertz CT molecular complexity index is 814. The molecule has 4 nitrogen and oxygen atoms in total. The highest BCUT2D eigenvalue weighted by molar-refractivity contribution is 7.89. The number of rotatable bonds is 7. The van der Waals surface area contributed by atoms with Crippen molar-refractivity contribution in [1.82, 2.24) is 9.62 Å². The lowest BCUT2D eigenvalue weighted by Gasteiger charge is -2.20. The SMILES string of the molecule is CCNS(=O)(=O)c1ccc(-c2ccc(CCN3CCCC3C)cc2)cc1. The molecule has 3 rings (SSSR count). The summed E-state index contributed by atoms with van der Waals surface area (Å²) in [5.74, 6) is 0. The van der Waals surface area contributed by atoms with Crippen LogP contribution >= 0.6 is 0 Å². The molecule has 1 aliphatic rings. The minimum Gasteiger partial charge on any atom is -0.300 e. The van der Waals surface area contributed by atoms with E-state index in [4.69, 9.17) is 0 Å². The summed E-state index contributed by atoms with van der Waals surface area (Å²) in [4.78, 5) is 2.87. The first-order chi connectivity index (χ1) is 12.5. The van der Waals surface area contributed by atoms with E-state index in [1.54, 1.807) is 19.1 Å². The highest BCUT2D eigenvalue weighted by Crippen LogP contribution is 2.23. The maximum Gasteiger partial charge on any atom is 0.240 e. The second-order valence-electron chi connectivity index (χ2n) is 7.00. The Morgan fingerprint density at radius 1 is 1.04 bits per heavy atom. The number of nitrogens with zero attached hydrogens (tertiary/aromatic N) is 1. The summed E-state index contributed by atoms with van der Waals surface area (Å²) >= 11 is 0. The Kier molecular flexibility index (Phi) is 6.12. The molecule has 1 N–H and O–H groups in total. The van der Waals surface area contributed by atoms with E-state index in [9.17, 15) is 8.42 Å². The van der Waals surface area contributed by atoms with Gasteiger partial charge in [0.2, 0.25) is 10.0 Å². The highest BCUT2D eigenvalue weighted by Gasteiger charge is 2.19. The first kappa shape index (κ1) is 19.1. The molecule has 1 heterocycles. The van der Waals surface area contributed by atoms with Crippen LogP contribution in [0.25, 0.3) is 11.1 Å². The van der Waals surface area contributed by atoms with Crippen molar-refractivity contribution in [2.45, 2.75) is 44.0 Å². The van der Waals surface area contributed by atoms with E-state index in [0.29, 0.717) is 17.5 Å². The van der Waals surface area contributed by atoms with Crippen LogP contribution in [0, 0.1) is 0 Å². The molecule has 1 unspecified atom stereocenters. The van der Waals surface area contributed by atoms with E-state index in [1.807, 2.05) is 12.1 Å². The molecule has 2 aromatic carbocycles. The minimum absolute atomic E-state index is 0.305. The molecule has 0 aliphatic carbocycles. The fourth-order valence-corrected chi connectivity index (χ4v) is 4.60. The third-order valence-electron chi connectivity index (χ3n) is 5.16. The van der Waals surface area contributed by atoms with Gasteiger partial charge in [0.25, 0.3) is 0 Å². The van der Waals surface area contributed by atoms with Gasteiger partial charge >= 0.3 is 0 Å². The lowest BCUT2D eigenvalue weighted by Crippen LogP contribution is -2.28. The summed E-state index contributed by atoms with van der Waals surface area (Å²) in [6, 6.07) is 16.4. The lowest BCUT2D eigenvalue weighted by atomic mass is 10.0. The van der Waals surface area contributed by atoms with Crippen molar-refractivity contribution in [3.05, 3.63) is 54.1 Å². The summed E-state index contributed by atoms with van der Waals surface area (Å²) in [7, 11) is -3.39.